The van der Waals surface area contributed by atoms with Crippen LogP contribution in [-0.4, -0.2) is 25.8 Å². The van der Waals surface area contributed by atoms with Gasteiger partial charge in [-0.05, 0) is 37.3 Å². The molecule has 0 saturated carbocycles. The van der Waals surface area contributed by atoms with Crippen LogP contribution in [0.5, 0.6) is 0 Å². The van der Waals surface area contributed by atoms with Crippen LogP contribution in [0.3, 0.4) is 0 Å². The predicted octanol–water partition coefficient (Wildman–Crippen LogP) is 3.78. The van der Waals surface area contributed by atoms with Gasteiger partial charge in [0.05, 0.1) is 4.90 Å². The zero-order valence-corrected chi connectivity index (χ0v) is 17.3. The number of Topliss-reactive ketones (excluding diaryl/α,β-unsaturated/α-hetero) is 1. The Hall–Kier alpha value is -3.84. The summed E-state index contributed by atoms with van der Waals surface area (Å²) in [7, 11) is -4.02. The van der Waals surface area contributed by atoms with Crippen molar-refractivity contribution in [3.63, 3.8) is 0 Å². The zero-order valence-electron chi connectivity index (χ0n) is 16.5. The molecule has 0 amide bonds. The summed E-state index contributed by atoms with van der Waals surface area (Å²) in [4.78, 5) is 37.2. The molecule has 0 heterocycles. The zero-order chi connectivity index (χ0) is 22.2. The van der Waals surface area contributed by atoms with Crippen LogP contribution in [0.2, 0.25) is 0 Å². The fourth-order valence-corrected chi connectivity index (χ4v) is 4.79. The van der Waals surface area contributed by atoms with Crippen LogP contribution < -0.4 is 5.32 Å². The van der Waals surface area contributed by atoms with E-state index in [1.54, 1.807) is 48.5 Å². The lowest BCUT2D eigenvalue weighted by atomic mass is 9.84. The van der Waals surface area contributed by atoms with Gasteiger partial charge in [-0.2, -0.15) is 0 Å². The van der Waals surface area contributed by atoms with Crippen molar-refractivity contribution < 1.29 is 22.8 Å². The highest BCUT2D eigenvalue weighted by atomic mass is 32.2. The lowest BCUT2D eigenvalue weighted by molar-refractivity contribution is -0.113. The summed E-state index contributed by atoms with van der Waals surface area (Å²) in [6.07, 6.45) is 1.11. The van der Waals surface area contributed by atoms with Crippen LogP contribution in [0.4, 0.5) is 5.69 Å². The van der Waals surface area contributed by atoms with E-state index in [1.807, 2.05) is 0 Å². The van der Waals surface area contributed by atoms with Crippen molar-refractivity contribution in [3.05, 3.63) is 106 Å². The van der Waals surface area contributed by atoms with Gasteiger partial charge in [0.15, 0.2) is 17.3 Å². The van der Waals surface area contributed by atoms with E-state index in [-0.39, 0.29) is 27.6 Å². The third kappa shape index (κ3) is 3.60. The van der Waals surface area contributed by atoms with Gasteiger partial charge in [0.25, 0.3) is 0 Å². The average molecular weight is 431 g/mol. The Kier molecular flexibility index (Phi) is 5.12. The van der Waals surface area contributed by atoms with E-state index >= 15 is 0 Å². The molecule has 0 spiro atoms. The van der Waals surface area contributed by atoms with Gasteiger partial charge in [-0.15, -0.1) is 0 Å². The quantitative estimate of drug-likeness (QED) is 0.483. The third-order valence-electron chi connectivity index (χ3n) is 4.99. The van der Waals surface area contributed by atoms with Gasteiger partial charge >= 0.3 is 0 Å². The second kappa shape index (κ2) is 7.77. The Labute approximate surface area is 179 Å². The molecule has 0 bridgehead atoms. The molecule has 0 fully saturated rings. The van der Waals surface area contributed by atoms with Gasteiger partial charge in [-0.3, -0.25) is 14.4 Å². The number of nitrogens with one attached hydrogen (secondary N) is 1. The molecule has 1 aliphatic carbocycles. The number of anilines is 1. The van der Waals surface area contributed by atoms with Crippen LogP contribution in [0.25, 0.3) is 0 Å². The van der Waals surface area contributed by atoms with E-state index in [4.69, 9.17) is 0 Å². The molecular formula is C24H17NO5S. The molecule has 0 aromatic heterocycles. The SMILES string of the molecule is CC(=O)C(=CNc1ccc2c(c1)C(=O)c1ccccc1C2=O)S(=O)(=O)c1ccccc1. The van der Waals surface area contributed by atoms with Gasteiger partial charge in [-0.1, -0.05) is 42.5 Å². The van der Waals surface area contributed by atoms with Gasteiger partial charge < -0.3 is 5.32 Å². The van der Waals surface area contributed by atoms with E-state index in [0.717, 1.165) is 6.20 Å². The van der Waals surface area contributed by atoms with Gasteiger partial charge in [-0.25, -0.2) is 8.42 Å². The van der Waals surface area contributed by atoms with E-state index in [2.05, 4.69) is 5.32 Å². The number of carbonyl (C=O) groups is 3. The molecule has 0 unspecified atom stereocenters. The number of hydrogen-bond donors (Lipinski definition) is 1. The van der Waals surface area contributed by atoms with Crippen molar-refractivity contribution in [2.24, 2.45) is 0 Å². The maximum Gasteiger partial charge on any atom is 0.211 e. The summed E-state index contributed by atoms with van der Waals surface area (Å²) in [5, 5.41) is 2.79. The topological polar surface area (TPSA) is 97.4 Å². The van der Waals surface area contributed by atoms with E-state index in [9.17, 15) is 22.8 Å². The van der Waals surface area contributed by atoms with E-state index in [1.165, 1.54) is 31.2 Å². The summed E-state index contributed by atoms with van der Waals surface area (Å²) >= 11 is 0. The molecule has 3 aromatic rings. The van der Waals surface area contributed by atoms with Gasteiger partial charge in [0.1, 0.15) is 4.91 Å². The summed E-state index contributed by atoms with van der Waals surface area (Å²) in [5.41, 5.74) is 1.55. The molecule has 3 aromatic carbocycles. The van der Waals surface area contributed by atoms with Crippen molar-refractivity contribution in [1.82, 2.24) is 0 Å². The second-order valence-electron chi connectivity index (χ2n) is 6.99. The first-order valence-electron chi connectivity index (χ1n) is 9.41. The average Bonchev–Trinajstić information content (AvgIpc) is 2.78. The Morgan fingerprint density at radius 1 is 0.774 bits per heavy atom. The number of hydrogen-bond acceptors (Lipinski definition) is 6. The maximum atomic E-state index is 12.9. The van der Waals surface area contributed by atoms with Crippen LogP contribution in [0.15, 0.2) is 88.8 Å². The Balaban J connectivity index is 1.70. The number of ketones is 3. The van der Waals surface area contributed by atoms with Gasteiger partial charge in [0.2, 0.25) is 9.84 Å². The number of rotatable bonds is 5. The minimum atomic E-state index is -4.02. The number of carbonyl (C=O) groups excluding carboxylic acids is 3. The number of fused-ring (bicyclic) bond motifs is 2. The number of allylic oxidation sites excluding steroid dienone is 1. The normalized spacial score (nSPS) is 13.4. The lowest BCUT2D eigenvalue weighted by Crippen LogP contribution is -2.20. The van der Waals surface area contributed by atoms with E-state index < -0.39 is 20.5 Å². The number of sulfone groups is 1. The summed E-state index contributed by atoms with van der Waals surface area (Å²) < 4.78 is 25.7. The van der Waals surface area contributed by atoms with Crippen molar-refractivity contribution in [1.29, 1.82) is 0 Å². The monoisotopic (exact) mass is 431 g/mol. The molecule has 0 saturated heterocycles. The molecule has 1 N–H and O–H groups in total. The molecule has 4 rings (SSSR count). The van der Waals surface area contributed by atoms with Crippen LogP contribution in [0, 0.1) is 0 Å². The molecule has 6 nitrogen and oxygen atoms in total. The van der Waals surface area contributed by atoms with Gasteiger partial charge in [0, 0.05) is 34.1 Å². The fourth-order valence-electron chi connectivity index (χ4n) is 3.43. The first kappa shape index (κ1) is 20.4. The summed E-state index contributed by atoms with van der Waals surface area (Å²) in [6.45, 7) is 1.17. The molecule has 1 aliphatic rings. The maximum absolute atomic E-state index is 12.9. The van der Waals surface area contributed by atoms with Crippen molar-refractivity contribution in [3.8, 4) is 0 Å². The molecule has 31 heavy (non-hydrogen) atoms. The molecule has 154 valence electrons. The lowest BCUT2D eigenvalue weighted by Gasteiger charge is -2.18. The molecule has 0 aliphatic heterocycles. The highest BCUT2D eigenvalue weighted by Gasteiger charge is 2.29. The Morgan fingerprint density at radius 2 is 1.32 bits per heavy atom. The van der Waals surface area contributed by atoms with Crippen molar-refractivity contribution >= 4 is 32.9 Å². The highest BCUT2D eigenvalue weighted by Crippen LogP contribution is 2.29. The minimum Gasteiger partial charge on any atom is -0.360 e. The molecule has 0 atom stereocenters. The smallest absolute Gasteiger partial charge is 0.211 e. The van der Waals surface area contributed by atoms with Crippen molar-refractivity contribution in [2.75, 3.05) is 5.32 Å². The first-order valence-corrected chi connectivity index (χ1v) is 10.9. The fraction of sp³-hybridized carbons (Fsp3) is 0.0417. The highest BCUT2D eigenvalue weighted by molar-refractivity contribution is 7.96. The van der Waals surface area contributed by atoms with E-state index in [0.29, 0.717) is 16.8 Å². The largest absolute Gasteiger partial charge is 0.360 e. The summed E-state index contributed by atoms with van der Waals surface area (Å²) in [5.74, 6) is -1.17. The standard InChI is InChI=1S/C24H17NO5S/c1-15(26)22(31(29,30)17-7-3-2-4-8-17)14-25-16-11-12-20-21(13-16)24(28)19-10-6-5-9-18(19)23(20)27/h2-14,25H,1H3. The first-order chi connectivity index (χ1) is 14.8. The van der Waals surface area contributed by atoms with Crippen molar-refractivity contribution in [2.45, 2.75) is 11.8 Å². The minimum absolute atomic E-state index is 0.000993. The molecule has 7 heteroatoms. The number of benzene rings is 3. The Bertz CT molecular complexity index is 1370. The van der Waals surface area contributed by atoms with Crippen LogP contribution in [0.1, 0.15) is 38.8 Å². The molecular weight excluding hydrogens is 414 g/mol. The Morgan fingerprint density at radius 3 is 1.94 bits per heavy atom. The third-order valence-corrected chi connectivity index (χ3v) is 6.86. The summed E-state index contributed by atoms with van der Waals surface area (Å²) in [6, 6.07) is 18.8. The van der Waals surface area contributed by atoms with Crippen LogP contribution in [-0.2, 0) is 14.6 Å². The second-order valence-corrected chi connectivity index (χ2v) is 8.91. The van der Waals surface area contributed by atoms with Crippen LogP contribution >= 0.6 is 0 Å². The predicted molar refractivity (Wildman–Crippen MR) is 116 cm³/mol. The molecule has 0 radical (unpaired) electrons.